The predicted molar refractivity (Wildman–Crippen MR) is 162 cm³/mol. The number of sulfonamides is 1. The molecule has 3 aromatic carbocycles. The van der Waals surface area contributed by atoms with Crippen LogP contribution in [0.25, 0.3) is 0 Å². The van der Waals surface area contributed by atoms with Crippen molar-refractivity contribution < 1.29 is 22.7 Å². The Morgan fingerprint density at radius 2 is 1.51 bits per heavy atom. The molecule has 0 unspecified atom stereocenters. The highest BCUT2D eigenvalue weighted by atomic mass is 32.2. The second-order valence-corrected chi connectivity index (χ2v) is 11.8. The van der Waals surface area contributed by atoms with Crippen molar-refractivity contribution in [3.05, 3.63) is 90.0 Å². The van der Waals surface area contributed by atoms with Crippen molar-refractivity contribution in [3.8, 4) is 5.75 Å². The first-order valence-corrected chi connectivity index (χ1v) is 15.5. The van der Waals surface area contributed by atoms with Crippen LogP contribution in [0.5, 0.6) is 5.75 Å². The Morgan fingerprint density at radius 3 is 2.10 bits per heavy atom. The molecule has 3 rings (SSSR count). The van der Waals surface area contributed by atoms with E-state index in [2.05, 4.69) is 5.32 Å². The number of rotatable bonds is 14. The van der Waals surface area contributed by atoms with E-state index < -0.39 is 28.5 Å². The minimum Gasteiger partial charge on any atom is -0.494 e. The lowest BCUT2D eigenvalue weighted by molar-refractivity contribution is -0.140. The molecule has 0 aliphatic rings. The summed E-state index contributed by atoms with van der Waals surface area (Å²) in [6.07, 6.45) is 1.11. The quantitative estimate of drug-likeness (QED) is 0.279. The lowest BCUT2D eigenvalue weighted by Crippen LogP contribution is -2.53. The van der Waals surface area contributed by atoms with Crippen molar-refractivity contribution in [2.75, 3.05) is 17.5 Å². The molecule has 0 aliphatic carbocycles. The van der Waals surface area contributed by atoms with Gasteiger partial charge in [-0.2, -0.15) is 0 Å². The average Bonchev–Trinajstić information content (AvgIpc) is 2.97. The summed E-state index contributed by atoms with van der Waals surface area (Å²) in [4.78, 5) is 29.1. The second-order valence-electron chi connectivity index (χ2n) is 9.94. The van der Waals surface area contributed by atoms with E-state index in [-0.39, 0.29) is 23.4 Å². The van der Waals surface area contributed by atoms with Gasteiger partial charge in [0.05, 0.1) is 17.2 Å². The first-order valence-electron chi connectivity index (χ1n) is 14.1. The van der Waals surface area contributed by atoms with E-state index in [1.807, 2.05) is 58.9 Å². The van der Waals surface area contributed by atoms with Gasteiger partial charge >= 0.3 is 0 Å². The summed E-state index contributed by atoms with van der Waals surface area (Å²) in [6, 6.07) is 21.4. The van der Waals surface area contributed by atoms with Crippen LogP contribution in [0.2, 0.25) is 0 Å². The van der Waals surface area contributed by atoms with Crippen LogP contribution in [-0.4, -0.2) is 50.4 Å². The van der Waals surface area contributed by atoms with Crippen LogP contribution in [0.4, 0.5) is 5.69 Å². The summed E-state index contributed by atoms with van der Waals surface area (Å²) in [5.74, 6) is -0.149. The molecule has 0 radical (unpaired) electrons. The van der Waals surface area contributed by atoms with Gasteiger partial charge in [0.25, 0.3) is 10.0 Å². The number of carbonyl (C=O) groups is 2. The van der Waals surface area contributed by atoms with Crippen molar-refractivity contribution in [2.24, 2.45) is 0 Å². The number of nitrogens with zero attached hydrogens (tertiary/aromatic N) is 2. The molecule has 0 saturated heterocycles. The minimum absolute atomic E-state index is 0.0636. The standard InChI is InChI=1S/C32H41N3O5S/c1-6-25(5)33-32(37)30(7-2)34(22-26-15-13-12-14-24(26)4)31(36)23-35(27-18-20-28(21-19-27)40-8-3)41(38,39)29-16-10-9-11-17-29/h9-21,25,30H,6-8,22-23H2,1-5H3,(H,33,37)/t25-,30-/m0/s1. The maximum Gasteiger partial charge on any atom is 0.264 e. The van der Waals surface area contributed by atoms with Gasteiger partial charge in [0.1, 0.15) is 18.3 Å². The molecule has 3 aromatic rings. The van der Waals surface area contributed by atoms with E-state index in [9.17, 15) is 18.0 Å². The zero-order valence-corrected chi connectivity index (χ0v) is 25.4. The number of anilines is 1. The molecule has 41 heavy (non-hydrogen) atoms. The summed E-state index contributed by atoms with van der Waals surface area (Å²) in [5, 5.41) is 3.00. The van der Waals surface area contributed by atoms with Crippen molar-refractivity contribution in [1.29, 1.82) is 0 Å². The fourth-order valence-corrected chi connectivity index (χ4v) is 5.89. The number of ether oxygens (including phenoxy) is 1. The van der Waals surface area contributed by atoms with Crippen LogP contribution >= 0.6 is 0 Å². The van der Waals surface area contributed by atoms with Crippen LogP contribution < -0.4 is 14.4 Å². The van der Waals surface area contributed by atoms with Gasteiger partial charge in [-0.1, -0.05) is 56.3 Å². The summed E-state index contributed by atoms with van der Waals surface area (Å²) in [7, 11) is -4.12. The molecule has 9 heteroatoms. The minimum atomic E-state index is -4.12. The number of nitrogens with one attached hydrogen (secondary N) is 1. The van der Waals surface area contributed by atoms with Crippen LogP contribution in [0.15, 0.2) is 83.8 Å². The number of aryl methyl sites for hydroxylation is 1. The Labute approximate surface area is 244 Å². The van der Waals surface area contributed by atoms with Gasteiger partial charge in [-0.05, 0) is 81.1 Å². The zero-order valence-electron chi connectivity index (χ0n) is 24.5. The molecule has 0 aromatic heterocycles. The molecule has 0 spiro atoms. The Balaban J connectivity index is 2.06. The Bertz CT molecular complexity index is 1390. The normalized spacial score (nSPS) is 12.7. The van der Waals surface area contributed by atoms with E-state index >= 15 is 0 Å². The maximum absolute atomic E-state index is 14.2. The van der Waals surface area contributed by atoms with Crippen LogP contribution in [0.3, 0.4) is 0 Å². The summed E-state index contributed by atoms with van der Waals surface area (Å²) < 4.78 is 34.5. The van der Waals surface area contributed by atoms with Gasteiger partial charge in [-0.15, -0.1) is 0 Å². The smallest absolute Gasteiger partial charge is 0.264 e. The van der Waals surface area contributed by atoms with Crippen molar-refractivity contribution in [2.45, 2.75) is 71.0 Å². The second kappa shape index (κ2) is 14.7. The molecule has 0 aliphatic heterocycles. The number of hydrogen-bond donors (Lipinski definition) is 1. The summed E-state index contributed by atoms with van der Waals surface area (Å²) in [6.45, 7) is 9.71. The third kappa shape index (κ3) is 8.10. The first-order chi connectivity index (χ1) is 19.6. The zero-order chi connectivity index (χ0) is 30.0. The fraction of sp³-hybridized carbons (Fsp3) is 0.375. The third-order valence-corrected chi connectivity index (χ3v) is 8.82. The van der Waals surface area contributed by atoms with Crippen molar-refractivity contribution in [3.63, 3.8) is 0 Å². The van der Waals surface area contributed by atoms with Gasteiger partial charge in [-0.25, -0.2) is 8.42 Å². The molecule has 0 fully saturated rings. The molecule has 2 amide bonds. The molecule has 8 nitrogen and oxygen atoms in total. The van der Waals surface area contributed by atoms with Crippen LogP contribution in [-0.2, 0) is 26.2 Å². The Hall–Kier alpha value is -3.85. The van der Waals surface area contributed by atoms with Crippen LogP contribution in [0.1, 0.15) is 51.7 Å². The average molecular weight is 580 g/mol. The maximum atomic E-state index is 14.2. The summed E-state index contributed by atoms with van der Waals surface area (Å²) in [5.41, 5.74) is 2.18. The number of benzene rings is 3. The van der Waals surface area contributed by atoms with Crippen molar-refractivity contribution >= 4 is 27.5 Å². The van der Waals surface area contributed by atoms with Gasteiger partial charge in [0.15, 0.2) is 0 Å². The first kappa shape index (κ1) is 31.7. The molecule has 2 atom stereocenters. The van der Waals surface area contributed by atoms with E-state index in [1.54, 1.807) is 42.5 Å². The van der Waals surface area contributed by atoms with Crippen LogP contribution in [0, 0.1) is 6.92 Å². The molecule has 220 valence electrons. The highest BCUT2D eigenvalue weighted by Crippen LogP contribution is 2.27. The van der Waals surface area contributed by atoms with Gasteiger partial charge in [0, 0.05) is 12.6 Å². The fourth-order valence-electron chi connectivity index (χ4n) is 4.46. The van der Waals surface area contributed by atoms with E-state index in [1.165, 1.54) is 17.0 Å². The Morgan fingerprint density at radius 1 is 0.878 bits per heavy atom. The number of hydrogen-bond acceptors (Lipinski definition) is 5. The summed E-state index contributed by atoms with van der Waals surface area (Å²) >= 11 is 0. The molecule has 0 bridgehead atoms. The number of amides is 2. The van der Waals surface area contributed by atoms with E-state index in [4.69, 9.17) is 4.74 Å². The highest BCUT2D eigenvalue weighted by Gasteiger charge is 2.34. The third-order valence-electron chi connectivity index (χ3n) is 7.03. The largest absolute Gasteiger partial charge is 0.494 e. The predicted octanol–water partition coefficient (Wildman–Crippen LogP) is 5.31. The molecule has 0 saturated carbocycles. The molecular formula is C32H41N3O5S. The topological polar surface area (TPSA) is 96.0 Å². The van der Waals surface area contributed by atoms with E-state index in [0.29, 0.717) is 24.5 Å². The lowest BCUT2D eigenvalue weighted by atomic mass is 10.1. The lowest BCUT2D eigenvalue weighted by Gasteiger charge is -2.34. The van der Waals surface area contributed by atoms with Gasteiger partial charge in [-0.3, -0.25) is 13.9 Å². The monoisotopic (exact) mass is 579 g/mol. The SMILES string of the molecule is CCOc1ccc(N(CC(=O)N(Cc2ccccc2C)[C@@H](CC)C(=O)N[C@@H](C)CC)S(=O)(=O)c2ccccc2)cc1. The Kier molecular flexibility index (Phi) is 11.3. The molecular weight excluding hydrogens is 538 g/mol. The van der Waals surface area contributed by atoms with Gasteiger partial charge < -0.3 is 15.0 Å². The highest BCUT2D eigenvalue weighted by molar-refractivity contribution is 7.92. The van der Waals surface area contributed by atoms with E-state index in [0.717, 1.165) is 21.9 Å². The molecule has 1 N–H and O–H groups in total. The molecule has 0 heterocycles. The van der Waals surface area contributed by atoms with Gasteiger partial charge in [0.2, 0.25) is 11.8 Å². The van der Waals surface area contributed by atoms with Crippen molar-refractivity contribution in [1.82, 2.24) is 10.2 Å². The number of carbonyl (C=O) groups excluding carboxylic acids is 2.